The summed E-state index contributed by atoms with van der Waals surface area (Å²) in [5.74, 6) is -2.16. The highest BCUT2D eigenvalue weighted by Crippen LogP contribution is 2.41. The van der Waals surface area contributed by atoms with E-state index in [1.807, 2.05) is 0 Å². The molecule has 35 heavy (non-hydrogen) atoms. The third kappa shape index (κ3) is 7.97. The summed E-state index contributed by atoms with van der Waals surface area (Å²) in [6.07, 6.45) is -3.59. The molecule has 0 saturated heterocycles. The number of azo groups is 1. The van der Waals surface area contributed by atoms with Crippen LogP contribution in [-0.4, -0.2) is 49.3 Å². The lowest BCUT2D eigenvalue weighted by atomic mass is 10.2. The van der Waals surface area contributed by atoms with E-state index in [-0.39, 0.29) is 11.4 Å². The van der Waals surface area contributed by atoms with E-state index in [1.165, 1.54) is 18.3 Å². The van der Waals surface area contributed by atoms with Crippen LogP contribution < -0.4 is 14.4 Å². The van der Waals surface area contributed by atoms with Gasteiger partial charge < -0.3 is 9.64 Å². The molecular weight excluding hydrogens is 508 g/mol. The van der Waals surface area contributed by atoms with Crippen molar-refractivity contribution in [1.82, 2.24) is 15.2 Å². The molecule has 17 heteroatoms. The van der Waals surface area contributed by atoms with Crippen molar-refractivity contribution in [3.05, 3.63) is 18.0 Å². The first-order chi connectivity index (χ1) is 16.1. The van der Waals surface area contributed by atoms with Crippen molar-refractivity contribution in [1.29, 1.82) is 0 Å². The van der Waals surface area contributed by atoms with Crippen molar-refractivity contribution in [2.45, 2.75) is 45.8 Å². The number of H-pyrrole nitrogens is 1. The number of ether oxygens (including phenoxy) is 1. The van der Waals surface area contributed by atoms with Gasteiger partial charge in [0.25, 0.3) is 5.95 Å². The zero-order chi connectivity index (χ0) is 27.0. The van der Waals surface area contributed by atoms with E-state index in [9.17, 15) is 34.8 Å². The van der Waals surface area contributed by atoms with Crippen LogP contribution in [0.5, 0.6) is 5.75 Å². The molecule has 198 valence electrons. The number of sulfonamides is 1. The highest BCUT2D eigenvalue weighted by molar-refractivity contribution is 7.93. The first-order valence-corrected chi connectivity index (χ1v) is 11.6. The molecule has 2 N–H and O–H groups in total. The minimum atomic E-state index is -5.84. The van der Waals surface area contributed by atoms with Gasteiger partial charge in [-0.05, 0) is 19.9 Å². The lowest BCUT2D eigenvalue weighted by molar-refractivity contribution is -0.144. The molecule has 0 unspecified atom stereocenters. The summed E-state index contributed by atoms with van der Waals surface area (Å²) >= 11 is 0. The Kier molecular flexibility index (Phi) is 10.3. The molecule has 0 amide bonds. The van der Waals surface area contributed by atoms with Crippen molar-refractivity contribution in [2.75, 3.05) is 29.8 Å². The Morgan fingerprint density at radius 1 is 1.06 bits per heavy atom. The van der Waals surface area contributed by atoms with Crippen molar-refractivity contribution in [2.24, 2.45) is 10.2 Å². The second kappa shape index (κ2) is 12.0. The first-order valence-electron chi connectivity index (χ1n) is 10.1. The third-order valence-corrected chi connectivity index (χ3v) is 5.04. The number of anilines is 2. The summed E-state index contributed by atoms with van der Waals surface area (Å²) < 4.78 is 106. The Morgan fingerprint density at radius 3 is 2.06 bits per heavy atom. The Labute approximate surface area is 197 Å². The average molecular weight is 533 g/mol. The summed E-state index contributed by atoms with van der Waals surface area (Å²) in [7, 11) is -4.59. The molecule has 2 aromatic rings. The van der Waals surface area contributed by atoms with Crippen LogP contribution in [0.3, 0.4) is 0 Å². The van der Waals surface area contributed by atoms with Gasteiger partial charge in [-0.1, -0.05) is 20.3 Å². The van der Waals surface area contributed by atoms with Gasteiger partial charge in [0.2, 0.25) is 5.82 Å². The highest BCUT2D eigenvalue weighted by atomic mass is 32.2. The number of benzene rings is 1. The molecule has 0 aliphatic carbocycles. The molecule has 10 nitrogen and oxygen atoms in total. The molecule has 0 saturated carbocycles. The Bertz CT molecular complexity index is 1100. The summed E-state index contributed by atoms with van der Waals surface area (Å²) in [5, 5.41) is 11.6. The first kappa shape index (κ1) is 29.9. The van der Waals surface area contributed by atoms with Gasteiger partial charge in [-0.25, -0.2) is 0 Å². The van der Waals surface area contributed by atoms with Gasteiger partial charge in [0.05, 0.1) is 18.5 Å². The van der Waals surface area contributed by atoms with E-state index in [1.54, 1.807) is 23.8 Å². The van der Waals surface area contributed by atoms with Crippen molar-refractivity contribution in [3.63, 3.8) is 0 Å². The van der Waals surface area contributed by atoms with Crippen LogP contribution in [-0.2, 0) is 16.2 Å². The fourth-order valence-corrected chi connectivity index (χ4v) is 2.99. The predicted octanol–water partition coefficient (Wildman–Crippen LogP) is 5.77. The van der Waals surface area contributed by atoms with Crippen molar-refractivity contribution >= 4 is 33.0 Å². The van der Waals surface area contributed by atoms with Crippen LogP contribution in [0.15, 0.2) is 22.4 Å². The predicted molar refractivity (Wildman–Crippen MR) is 117 cm³/mol. The third-order valence-electron chi connectivity index (χ3n) is 3.94. The molecule has 1 aromatic heterocycles. The number of aromatic nitrogens is 3. The zero-order valence-corrected chi connectivity index (χ0v) is 20.2. The number of rotatable bonds is 8. The van der Waals surface area contributed by atoms with Crippen LogP contribution in [0.1, 0.15) is 39.9 Å². The fraction of sp³-hybridized carbons (Fsp3) is 0.556. The summed E-state index contributed by atoms with van der Waals surface area (Å²) in [4.78, 5) is 4.71. The van der Waals surface area contributed by atoms with Crippen LogP contribution in [0.2, 0.25) is 0 Å². The molecule has 0 aliphatic heterocycles. The second-order valence-corrected chi connectivity index (χ2v) is 8.33. The number of alkyl halides is 6. The van der Waals surface area contributed by atoms with Gasteiger partial charge in [-0.15, -0.1) is 15.3 Å². The molecular formula is C18H25F6N7O3S. The van der Waals surface area contributed by atoms with Gasteiger partial charge in [-0.2, -0.15) is 39.7 Å². The maximum absolute atomic E-state index is 12.9. The van der Waals surface area contributed by atoms with E-state index >= 15 is 0 Å². The molecule has 0 aliphatic rings. The van der Waals surface area contributed by atoms with Crippen molar-refractivity contribution in [3.8, 4) is 5.75 Å². The summed E-state index contributed by atoms with van der Waals surface area (Å²) in [6.45, 7) is 8.54. The number of hydrogen-bond acceptors (Lipinski definition) is 8. The van der Waals surface area contributed by atoms with E-state index in [0.717, 1.165) is 12.1 Å². The number of nitrogens with one attached hydrogen (secondary N) is 2. The molecule has 0 bridgehead atoms. The number of nitrogens with zero attached hydrogens (tertiary/aromatic N) is 5. The zero-order valence-electron chi connectivity index (χ0n) is 19.4. The number of hydrogen-bond donors (Lipinski definition) is 2. The largest absolute Gasteiger partial charge is 0.516 e. The lowest BCUT2D eigenvalue weighted by Crippen LogP contribution is -2.30. The molecule has 1 heterocycles. The second-order valence-electron chi connectivity index (χ2n) is 6.65. The van der Waals surface area contributed by atoms with Crippen molar-refractivity contribution < 1.29 is 39.5 Å². The summed E-state index contributed by atoms with van der Waals surface area (Å²) in [5.41, 5.74) is -6.51. The highest BCUT2D eigenvalue weighted by Gasteiger charge is 2.46. The van der Waals surface area contributed by atoms with Crippen LogP contribution in [0, 0.1) is 0 Å². The van der Waals surface area contributed by atoms with Gasteiger partial charge in [-0.3, -0.25) is 9.82 Å². The van der Waals surface area contributed by atoms with Gasteiger partial charge in [0.15, 0.2) is 0 Å². The minimum Gasteiger partial charge on any atom is -0.494 e. The van der Waals surface area contributed by atoms with Crippen LogP contribution in [0.4, 0.5) is 49.4 Å². The summed E-state index contributed by atoms with van der Waals surface area (Å²) in [6, 6.07) is 2.12. The van der Waals surface area contributed by atoms with Gasteiger partial charge in [0.1, 0.15) is 11.4 Å². The smallest absolute Gasteiger partial charge is 0.494 e. The van der Waals surface area contributed by atoms with Gasteiger partial charge in [0, 0.05) is 19.2 Å². The standard InChI is InChI=1S/C15H17F6N7O3S.C3H8/c1-4-28(5-2)10-6-9(27-32(29,30)15(19,20)21)8(7-11(10)31-3)23-25-13-22-12(24-26-13)14(16,17)18;1-3-2/h6-7,27H,4-5H2,1-3H3,(H,22,24,26);3H2,1-2H3. The number of aromatic amines is 1. The average Bonchev–Trinajstić information content (AvgIpc) is 3.23. The number of methoxy groups -OCH3 is 1. The molecule has 0 spiro atoms. The maximum atomic E-state index is 12.9. The van der Waals surface area contributed by atoms with E-state index in [2.05, 4.69) is 34.2 Å². The Hall–Kier alpha value is -3.11. The molecule has 0 fully saturated rings. The SMILES string of the molecule is CCC.CCN(CC)c1cc(NS(=O)(=O)C(F)(F)F)c(N=Nc2n[nH]c(C(F)(F)F)n2)cc1OC. The van der Waals surface area contributed by atoms with E-state index < -0.39 is 44.9 Å². The molecule has 2 rings (SSSR count). The quantitative estimate of drug-likeness (QED) is 0.328. The normalized spacial score (nSPS) is 12.3. The van der Waals surface area contributed by atoms with E-state index in [0.29, 0.717) is 13.1 Å². The monoisotopic (exact) mass is 533 g/mol. The minimum absolute atomic E-state index is 0.101. The Morgan fingerprint density at radius 2 is 1.63 bits per heavy atom. The maximum Gasteiger partial charge on any atom is 0.516 e. The lowest BCUT2D eigenvalue weighted by Gasteiger charge is -2.25. The fourth-order valence-electron chi connectivity index (χ4n) is 2.42. The molecule has 0 radical (unpaired) electrons. The molecule has 1 aromatic carbocycles. The van der Waals surface area contributed by atoms with E-state index in [4.69, 9.17) is 4.74 Å². The molecule has 0 atom stereocenters. The topological polar surface area (TPSA) is 125 Å². The number of halogens is 6. The van der Waals surface area contributed by atoms with Crippen LogP contribution in [0.25, 0.3) is 0 Å². The van der Waals surface area contributed by atoms with Crippen LogP contribution >= 0.6 is 0 Å². The Balaban J connectivity index is 0.00000194. The van der Waals surface area contributed by atoms with Gasteiger partial charge >= 0.3 is 21.7 Å².